The zero-order chi connectivity index (χ0) is 14.2. The highest BCUT2D eigenvalue weighted by Crippen LogP contribution is 2.21. The number of phenols is 1. The van der Waals surface area contributed by atoms with Crippen molar-refractivity contribution in [2.45, 2.75) is 57.6 Å². The van der Waals surface area contributed by atoms with Crippen molar-refractivity contribution in [3.05, 3.63) is 29.8 Å². The Morgan fingerprint density at radius 3 is 2.55 bits per heavy atom. The summed E-state index contributed by atoms with van der Waals surface area (Å²) in [6, 6.07) is 7.80. The Balaban J connectivity index is 1.69. The monoisotopic (exact) mass is 277 g/mol. The van der Waals surface area contributed by atoms with Crippen LogP contribution in [0.1, 0.15) is 57.1 Å². The molecule has 3 heteroatoms. The Bertz CT molecular complexity index is 371. The van der Waals surface area contributed by atoms with Gasteiger partial charge in [0.05, 0.1) is 12.7 Å². The second-order valence-electron chi connectivity index (χ2n) is 5.64. The van der Waals surface area contributed by atoms with Crippen molar-refractivity contribution in [1.82, 2.24) is 5.32 Å². The molecule has 3 nitrogen and oxygen atoms in total. The summed E-state index contributed by atoms with van der Waals surface area (Å²) < 4.78 is 5.93. The summed E-state index contributed by atoms with van der Waals surface area (Å²) in [7, 11) is 0. The van der Waals surface area contributed by atoms with Crippen LogP contribution in [-0.4, -0.2) is 24.4 Å². The first-order valence-electron chi connectivity index (χ1n) is 7.93. The Kier molecular flexibility index (Phi) is 6.34. The molecule has 1 aromatic rings. The average Bonchev–Trinajstić information content (AvgIpc) is 2.50. The summed E-state index contributed by atoms with van der Waals surface area (Å²) in [5.74, 6) is 0.323. The van der Waals surface area contributed by atoms with E-state index in [1.54, 1.807) is 12.1 Å². The van der Waals surface area contributed by atoms with Crippen LogP contribution in [0.15, 0.2) is 24.3 Å². The highest BCUT2D eigenvalue weighted by molar-refractivity contribution is 5.27. The predicted octanol–water partition coefficient (Wildman–Crippen LogP) is 3.78. The number of benzene rings is 1. The summed E-state index contributed by atoms with van der Waals surface area (Å²) in [4.78, 5) is 0. The van der Waals surface area contributed by atoms with E-state index in [1.165, 1.54) is 37.7 Å². The van der Waals surface area contributed by atoms with Crippen LogP contribution >= 0.6 is 0 Å². The van der Waals surface area contributed by atoms with Crippen molar-refractivity contribution < 1.29 is 9.84 Å². The molecule has 0 heterocycles. The van der Waals surface area contributed by atoms with Crippen LogP contribution in [0.5, 0.6) is 5.75 Å². The van der Waals surface area contributed by atoms with E-state index in [2.05, 4.69) is 12.2 Å². The first kappa shape index (κ1) is 15.3. The molecular formula is C17H27NO2. The maximum atomic E-state index is 9.33. The van der Waals surface area contributed by atoms with Gasteiger partial charge in [0, 0.05) is 12.6 Å². The quantitative estimate of drug-likeness (QED) is 0.745. The van der Waals surface area contributed by atoms with Gasteiger partial charge in [0.2, 0.25) is 0 Å². The van der Waals surface area contributed by atoms with Gasteiger partial charge in [-0.3, -0.25) is 0 Å². The van der Waals surface area contributed by atoms with Crippen molar-refractivity contribution >= 4 is 0 Å². The van der Waals surface area contributed by atoms with Crippen LogP contribution in [0.25, 0.3) is 0 Å². The van der Waals surface area contributed by atoms with Crippen molar-refractivity contribution in [3.8, 4) is 5.75 Å². The lowest BCUT2D eigenvalue weighted by Crippen LogP contribution is -2.27. The molecule has 1 unspecified atom stereocenters. The van der Waals surface area contributed by atoms with E-state index in [9.17, 15) is 5.11 Å². The van der Waals surface area contributed by atoms with Crippen LogP contribution in [0.2, 0.25) is 0 Å². The van der Waals surface area contributed by atoms with Gasteiger partial charge in [-0.05, 0) is 37.0 Å². The topological polar surface area (TPSA) is 41.5 Å². The summed E-state index contributed by atoms with van der Waals surface area (Å²) in [5.41, 5.74) is 1.22. The maximum Gasteiger partial charge on any atom is 0.115 e. The molecule has 0 aliphatic heterocycles. The molecular weight excluding hydrogens is 250 g/mol. The molecule has 0 amide bonds. The summed E-state index contributed by atoms with van der Waals surface area (Å²) in [6.45, 7) is 3.85. The number of rotatable bonds is 7. The summed E-state index contributed by atoms with van der Waals surface area (Å²) in [5, 5.41) is 12.9. The first-order valence-corrected chi connectivity index (χ1v) is 7.93. The average molecular weight is 277 g/mol. The number of phenolic OH excluding ortho intramolecular Hbond substituents is 1. The number of ether oxygens (including phenoxy) is 1. The second kappa shape index (κ2) is 8.28. The molecule has 20 heavy (non-hydrogen) atoms. The molecule has 1 atom stereocenters. The van der Waals surface area contributed by atoms with Gasteiger partial charge < -0.3 is 15.2 Å². The van der Waals surface area contributed by atoms with Crippen LogP contribution in [0.3, 0.4) is 0 Å². The fourth-order valence-electron chi connectivity index (χ4n) is 2.90. The molecule has 0 radical (unpaired) electrons. The molecule has 112 valence electrons. The predicted molar refractivity (Wildman–Crippen MR) is 82.0 cm³/mol. The van der Waals surface area contributed by atoms with E-state index in [4.69, 9.17) is 4.74 Å². The molecule has 1 saturated carbocycles. The number of hydrogen-bond acceptors (Lipinski definition) is 3. The fraction of sp³-hybridized carbons (Fsp3) is 0.647. The molecule has 1 aliphatic rings. The van der Waals surface area contributed by atoms with E-state index in [0.29, 0.717) is 17.9 Å². The van der Waals surface area contributed by atoms with E-state index in [-0.39, 0.29) is 0 Å². The fourth-order valence-corrected chi connectivity index (χ4v) is 2.90. The van der Waals surface area contributed by atoms with Crippen molar-refractivity contribution in [2.24, 2.45) is 0 Å². The molecule has 2 N–H and O–H groups in total. The number of nitrogens with one attached hydrogen (secondary N) is 1. The summed E-state index contributed by atoms with van der Waals surface area (Å²) >= 11 is 0. The van der Waals surface area contributed by atoms with Crippen LogP contribution in [0.4, 0.5) is 0 Å². The highest BCUT2D eigenvalue weighted by Gasteiger charge is 2.13. The van der Waals surface area contributed by atoms with E-state index in [1.807, 2.05) is 12.1 Å². The molecule has 1 aliphatic carbocycles. The summed E-state index contributed by atoms with van der Waals surface area (Å²) in [6.07, 6.45) is 8.00. The Labute approximate surface area is 122 Å². The minimum Gasteiger partial charge on any atom is -0.508 e. The van der Waals surface area contributed by atoms with Gasteiger partial charge in [-0.15, -0.1) is 0 Å². The normalized spacial score (nSPS) is 18.1. The zero-order valence-electron chi connectivity index (χ0n) is 12.5. The molecule has 0 saturated heterocycles. The molecule has 2 rings (SSSR count). The standard InChI is InChI=1S/C17H27NO2/c1-2-17(14-8-10-15(19)11-9-14)18-12-13-20-16-6-4-3-5-7-16/h8-11,16-19H,2-7,12-13H2,1H3. The third kappa shape index (κ3) is 4.80. The van der Waals surface area contributed by atoms with Gasteiger partial charge in [0.15, 0.2) is 0 Å². The van der Waals surface area contributed by atoms with Crippen molar-refractivity contribution in [1.29, 1.82) is 0 Å². The second-order valence-corrected chi connectivity index (χ2v) is 5.64. The van der Waals surface area contributed by atoms with Crippen molar-refractivity contribution in [3.63, 3.8) is 0 Å². The van der Waals surface area contributed by atoms with Gasteiger partial charge in [0.25, 0.3) is 0 Å². The Morgan fingerprint density at radius 2 is 1.90 bits per heavy atom. The first-order chi connectivity index (χ1) is 9.79. The molecule has 0 bridgehead atoms. The lowest BCUT2D eigenvalue weighted by molar-refractivity contribution is 0.0293. The third-order valence-corrected chi connectivity index (χ3v) is 4.10. The lowest BCUT2D eigenvalue weighted by atomic mass is 9.98. The number of hydrogen-bond donors (Lipinski definition) is 2. The zero-order valence-corrected chi connectivity index (χ0v) is 12.5. The van der Waals surface area contributed by atoms with Crippen LogP contribution in [-0.2, 0) is 4.74 Å². The third-order valence-electron chi connectivity index (χ3n) is 4.10. The molecule has 1 aromatic carbocycles. The minimum absolute atomic E-state index is 0.323. The van der Waals surface area contributed by atoms with Crippen LogP contribution in [0, 0.1) is 0 Å². The number of aromatic hydroxyl groups is 1. The SMILES string of the molecule is CCC(NCCOC1CCCCC1)c1ccc(O)cc1. The van der Waals surface area contributed by atoms with E-state index in [0.717, 1.165) is 19.6 Å². The lowest BCUT2D eigenvalue weighted by Gasteiger charge is -2.23. The molecule has 1 fully saturated rings. The van der Waals surface area contributed by atoms with E-state index >= 15 is 0 Å². The Hall–Kier alpha value is -1.06. The highest BCUT2D eigenvalue weighted by atomic mass is 16.5. The van der Waals surface area contributed by atoms with Gasteiger partial charge in [-0.2, -0.15) is 0 Å². The van der Waals surface area contributed by atoms with E-state index < -0.39 is 0 Å². The smallest absolute Gasteiger partial charge is 0.115 e. The molecule has 0 spiro atoms. The van der Waals surface area contributed by atoms with Gasteiger partial charge in [-0.1, -0.05) is 38.3 Å². The molecule has 0 aromatic heterocycles. The van der Waals surface area contributed by atoms with Gasteiger partial charge in [-0.25, -0.2) is 0 Å². The largest absolute Gasteiger partial charge is 0.508 e. The minimum atomic E-state index is 0.323. The Morgan fingerprint density at radius 1 is 1.20 bits per heavy atom. The van der Waals surface area contributed by atoms with Gasteiger partial charge in [0.1, 0.15) is 5.75 Å². The van der Waals surface area contributed by atoms with Crippen LogP contribution < -0.4 is 5.32 Å². The maximum absolute atomic E-state index is 9.33. The van der Waals surface area contributed by atoms with Gasteiger partial charge >= 0.3 is 0 Å². The van der Waals surface area contributed by atoms with Crippen molar-refractivity contribution in [2.75, 3.05) is 13.2 Å².